The van der Waals surface area contributed by atoms with Crippen molar-refractivity contribution in [3.63, 3.8) is 0 Å². The lowest BCUT2D eigenvalue weighted by molar-refractivity contribution is -0.141. The molecule has 2 atom stereocenters. The van der Waals surface area contributed by atoms with Gasteiger partial charge < -0.3 is 15.5 Å². The van der Waals surface area contributed by atoms with Gasteiger partial charge in [0.05, 0.1) is 29.0 Å². The molecule has 4 aromatic rings. The van der Waals surface area contributed by atoms with E-state index in [4.69, 9.17) is 0 Å². The van der Waals surface area contributed by atoms with E-state index in [-0.39, 0.29) is 17.9 Å². The Balaban J connectivity index is 1.13. The topological polar surface area (TPSA) is 156 Å². The van der Waals surface area contributed by atoms with Gasteiger partial charge in [-0.3, -0.25) is 34.3 Å². The van der Waals surface area contributed by atoms with Crippen molar-refractivity contribution in [2.24, 2.45) is 5.92 Å². The molecule has 0 radical (unpaired) electrons. The zero-order valence-electron chi connectivity index (χ0n) is 26.7. The van der Waals surface area contributed by atoms with Gasteiger partial charge in [0.1, 0.15) is 11.8 Å². The Morgan fingerprint density at radius 2 is 1.69 bits per heavy atom. The third-order valence-corrected chi connectivity index (χ3v) is 8.96. The van der Waals surface area contributed by atoms with Crippen LogP contribution in [0.15, 0.2) is 67.1 Å². The average molecular weight is 644 g/mol. The third-order valence-electron chi connectivity index (χ3n) is 8.96. The summed E-state index contributed by atoms with van der Waals surface area (Å²) in [6.07, 6.45) is 9.87. The van der Waals surface area contributed by atoms with Crippen molar-refractivity contribution in [1.29, 1.82) is 5.26 Å². The Hall–Kier alpha value is -5.28. The van der Waals surface area contributed by atoms with Gasteiger partial charge >= 0.3 is 5.97 Å². The normalized spacial score (nSPS) is 18.3. The fourth-order valence-corrected chi connectivity index (χ4v) is 6.29. The molecule has 2 aliphatic heterocycles. The molecule has 0 spiro atoms. The maximum absolute atomic E-state index is 13.1. The summed E-state index contributed by atoms with van der Waals surface area (Å²) in [5.74, 6) is -1.39. The van der Waals surface area contributed by atoms with E-state index >= 15 is 0 Å². The Bertz CT molecular complexity index is 1870. The van der Waals surface area contributed by atoms with Crippen molar-refractivity contribution in [1.82, 2.24) is 24.8 Å². The molecule has 48 heavy (non-hydrogen) atoms. The highest BCUT2D eigenvalue weighted by atomic mass is 16.4. The number of aliphatic hydroxyl groups is 1. The van der Waals surface area contributed by atoms with E-state index in [1.165, 1.54) is 0 Å². The molecule has 1 aromatic carbocycles. The number of benzene rings is 1. The second-order valence-electron chi connectivity index (χ2n) is 12.4. The highest BCUT2D eigenvalue weighted by Gasteiger charge is 2.27. The molecule has 2 saturated heterocycles. The predicted molar refractivity (Wildman–Crippen MR) is 181 cm³/mol. The van der Waals surface area contributed by atoms with Crippen molar-refractivity contribution in [3.8, 4) is 17.2 Å². The summed E-state index contributed by atoms with van der Waals surface area (Å²) in [6.45, 7) is 6.01. The SMILES string of the molecule is Cc1c(NC(=O)c2ccc(CN3CC[C@@H](O)C3)cn2)cccc1-c1ccnc(/C=C/c2ccc(CN3CC[C@@H](C(=O)O)C3)cn2)c1C#N. The minimum atomic E-state index is -0.744. The first-order chi connectivity index (χ1) is 23.3. The van der Waals surface area contributed by atoms with Gasteiger partial charge in [0.15, 0.2) is 0 Å². The molecule has 11 heteroatoms. The average Bonchev–Trinajstić information content (AvgIpc) is 3.74. The van der Waals surface area contributed by atoms with Gasteiger partial charge in [0, 0.05) is 62.6 Å². The van der Waals surface area contributed by atoms with Gasteiger partial charge in [-0.25, -0.2) is 0 Å². The van der Waals surface area contributed by atoms with E-state index in [2.05, 4.69) is 36.1 Å². The quantitative estimate of drug-likeness (QED) is 0.223. The zero-order valence-corrected chi connectivity index (χ0v) is 26.7. The number of rotatable bonds is 10. The van der Waals surface area contributed by atoms with E-state index in [0.717, 1.165) is 41.8 Å². The van der Waals surface area contributed by atoms with E-state index in [0.29, 0.717) is 66.5 Å². The lowest BCUT2D eigenvalue weighted by atomic mass is 9.95. The molecule has 0 bridgehead atoms. The number of likely N-dealkylation sites (tertiary alicyclic amines) is 2. The lowest BCUT2D eigenvalue weighted by Crippen LogP contribution is -2.22. The van der Waals surface area contributed by atoms with Crippen LogP contribution in [0.1, 0.15) is 57.0 Å². The summed E-state index contributed by atoms with van der Waals surface area (Å²) in [5, 5.41) is 32.2. The number of aromatic nitrogens is 3. The van der Waals surface area contributed by atoms with Crippen molar-refractivity contribution in [3.05, 3.63) is 106 Å². The summed E-state index contributed by atoms with van der Waals surface area (Å²) >= 11 is 0. The number of amides is 1. The minimum Gasteiger partial charge on any atom is -0.481 e. The summed E-state index contributed by atoms with van der Waals surface area (Å²) in [5.41, 5.74) is 6.80. The van der Waals surface area contributed by atoms with Crippen LogP contribution in [0.5, 0.6) is 0 Å². The molecule has 11 nitrogen and oxygen atoms in total. The third kappa shape index (κ3) is 7.64. The standard InChI is InChI=1S/C37H37N7O4/c1-24-30(3-2-4-33(24)42-36(46)35-9-6-26(19-41-35)21-44-16-13-29(45)23-44)31-11-14-39-34(32(31)17-38)10-8-28-7-5-25(18-40-28)20-43-15-12-27(22-43)37(47)48/h2-11,14,18-19,27,29,45H,12-13,15-16,20-23H2,1H3,(H,42,46)(H,47,48)/b10-8+/t27-,29-/m1/s1. The molecule has 3 N–H and O–H groups in total. The molecule has 0 saturated carbocycles. The first-order valence-electron chi connectivity index (χ1n) is 16.0. The largest absolute Gasteiger partial charge is 0.481 e. The van der Waals surface area contributed by atoms with Gasteiger partial charge in [-0.1, -0.05) is 24.3 Å². The Morgan fingerprint density at radius 1 is 0.938 bits per heavy atom. The van der Waals surface area contributed by atoms with Crippen molar-refractivity contribution >= 4 is 29.7 Å². The smallest absolute Gasteiger partial charge is 0.307 e. The molecule has 0 aliphatic carbocycles. The molecule has 3 aromatic heterocycles. The van der Waals surface area contributed by atoms with E-state index < -0.39 is 5.97 Å². The Kier molecular flexibility index (Phi) is 9.96. The van der Waals surface area contributed by atoms with Gasteiger partial charge in [-0.05, 0) is 85.0 Å². The van der Waals surface area contributed by atoms with Crippen LogP contribution < -0.4 is 5.32 Å². The van der Waals surface area contributed by atoms with Crippen LogP contribution in [-0.2, 0) is 17.9 Å². The fraction of sp³-hybridized carbons (Fsp3) is 0.297. The summed E-state index contributed by atoms with van der Waals surface area (Å²) in [7, 11) is 0. The maximum Gasteiger partial charge on any atom is 0.307 e. The Morgan fingerprint density at radius 3 is 2.33 bits per heavy atom. The number of pyridine rings is 3. The Labute approximate surface area is 279 Å². The molecule has 244 valence electrons. The summed E-state index contributed by atoms with van der Waals surface area (Å²) < 4.78 is 0. The van der Waals surface area contributed by atoms with Gasteiger partial charge in [0.25, 0.3) is 5.91 Å². The number of aliphatic hydroxyl groups excluding tert-OH is 1. The van der Waals surface area contributed by atoms with Gasteiger partial charge in [0.2, 0.25) is 0 Å². The van der Waals surface area contributed by atoms with Crippen LogP contribution in [0.4, 0.5) is 5.69 Å². The molecular formula is C37H37N7O4. The number of nitrogens with zero attached hydrogens (tertiary/aromatic N) is 6. The number of nitriles is 1. The van der Waals surface area contributed by atoms with E-state index in [1.54, 1.807) is 36.8 Å². The molecule has 6 rings (SSSR count). The highest BCUT2D eigenvalue weighted by Crippen LogP contribution is 2.32. The second kappa shape index (κ2) is 14.6. The number of hydrogen-bond donors (Lipinski definition) is 3. The second-order valence-corrected chi connectivity index (χ2v) is 12.4. The number of anilines is 1. The lowest BCUT2D eigenvalue weighted by Gasteiger charge is -2.15. The molecule has 2 aliphatic rings. The number of carbonyl (C=O) groups excluding carboxylic acids is 1. The fourth-order valence-electron chi connectivity index (χ4n) is 6.29. The van der Waals surface area contributed by atoms with E-state index in [9.17, 15) is 25.1 Å². The highest BCUT2D eigenvalue weighted by molar-refractivity contribution is 6.03. The number of carboxylic acids is 1. The van der Waals surface area contributed by atoms with Crippen LogP contribution >= 0.6 is 0 Å². The molecule has 2 fully saturated rings. The predicted octanol–water partition coefficient (Wildman–Crippen LogP) is 4.61. The first-order valence-corrected chi connectivity index (χ1v) is 16.0. The van der Waals surface area contributed by atoms with Crippen LogP contribution in [-0.4, -0.2) is 79.1 Å². The number of carbonyl (C=O) groups is 2. The number of carboxylic acid groups (broad SMARTS) is 1. The molecule has 1 amide bonds. The van der Waals surface area contributed by atoms with Crippen LogP contribution in [0.25, 0.3) is 23.3 Å². The molecular weight excluding hydrogens is 606 g/mol. The first kappa shape index (κ1) is 32.7. The molecule has 5 heterocycles. The van der Waals surface area contributed by atoms with Crippen molar-refractivity contribution in [2.75, 3.05) is 31.5 Å². The van der Waals surface area contributed by atoms with Crippen molar-refractivity contribution in [2.45, 2.75) is 39.0 Å². The monoisotopic (exact) mass is 643 g/mol. The molecule has 0 unspecified atom stereocenters. The van der Waals surface area contributed by atoms with E-state index in [1.807, 2.05) is 49.4 Å². The number of nitrogens with one attached hydrogen (secondary N) is 1. The van der Waals surface area contributed by atoms with Gasteiger partial charge in [-0.15, -0.1) is 0 Å². The number of hydrogen-bond acceptors (Lipinski definition) is 9. The summed E-state index contributed by atoms with van der Waals surface area (Å²) in [4.78, 5) is 42.1. The summed E-state index contributed by atoms with van der Waals surface area (Å²) in [6, 6.07) is 17.1. The van der Waals surface area contributed by atoms with Gasteiger partial charge in [-0.2, -0.15) is 5.26 Å². The number of aliphatic carboxylic acids is 1. The van der Waals surface area contributed by atoms with Crippen molar-refractivity contribution < 1.29 is 19.8 Å². The minimum absolute atomic E-state index is 0.286. The van der Waals surface area contributed by atoms with Crippen LogP contribution in [0.3, 0.4) is 0 Å². The van der Waals surface area contributed by atoms with Crippen LogP contribution in [0.2, 0.25) is 0 Å². The van der Waals surface area contributed by atoms with Crippen LogP contribution in [0, 0.1) is 24.2 Å². The maximum atomic E-state index is 13.1. The zero-order chi connectivity index (χ0) is 33.6. The number of β-amino-alcohol motifs (C(OH)–C–C–N with tert-alkyl or cyclic N) is 1.